The lowest BCUT2D eigenvalue weighted by Crippen LogP contribution is -2.32. The molecule has 2 aromatic carbocycles. The number of hydrogen-bond acceptors (Lipinski definition) is 5. The molecular formula is C19H18ClNO5. The van der Waals surface area contributed by atoms with E-state index < -0.39 is 18.4 Å². The molecule has 1 amide bonds. The van der Waals surface area contributed by atoms with E-state index >= 15 is 0 Å². The minimum atomic E-state index is -0.695. The van der Waals surface area contributed by atoms with Crippen LogP contribution in [0.1, 0.15) is 15.9 Å². The van der Waals surface area contributed by atoms with Gasteiger partial charge in [0.15, 0.2) is 12.4 Å². The molecule has 0 saturated heterocycles. The lowest BCUT2D eigenvalue weighted by atomic mass is 10.1. The van der Waals surface area contributed by atoms with Gasteiger partial charge >= 0.3 is 5.97 Å². The van der Waals surface area contributed by atoms with Gasteiger partial charge in [0.05, 0.1) is 18.6 Å². The fraction of sp³-hybridized carbons (Fsp3) is 0.211. The third kappa shape index (κ3) is 5.89. The molecule has 1 N–H and O–H groups in total. The number of rotatable bonds is 8. The molecule has 7 heteroatoms. The minimum Gasteiger partial charge on any atom is -0.495 e. The summed E-state index contributed by atoms with van der Waals surface area (Å²) in [4.78, 5) is 35.4. The normalized spacial score (nSPS) is 10.1. The smallest absolute Gasteiger partial charge is 0.325 e. The number of benzene rings is 2. The van der Waals surface area contributed by atoms with Gasteiger partial charge in [-0.1, -0.05) is 41.9 Å². The molecule has 0 aromatic heterocycles. The van der Waals surface area contributed by atoms with Crippen molar-refractivity contribution in [2.75, 3.05) is 20.3 Å². The Kier molecular flexibility index (Phi) is 7.17. The molecular weight excluding hydrogens is 358 g/mol. The molecule has 0 atom stereocenters. The zero-order chi connectivity index (χ0) is 18.9. The average molecular weight is 376 g/mol. The number of halogens is 1. The van der Waals surface area contributed by atoms with Gasteiger partial charge in [0, 0.05) is 5.56 Å². The van der Waals surface area contributed by atoms with Crippen LogP contribution in [0.2, 0.25) is 5.02 Å². The first kappa shape index (κ1) is 19.5. The van der Waals surface area contributed by atoms with E-state index in [0.29, 0.717) is 11.3 Å². The summed E-state index contributed by atoms with van der Waals surface area (Å²) in [5, 5.41) is 2.75. The summed E-state index contributed by atoms with van der Waals surface area (Å²) in [6, 6.07) is 13.7. The fourth-order valence-electron chi connectivity index (χ4n) is 2.13. The van der Waals surface area contributed by atoms with Crippen LogP contribution in [0.4, 0.5) is 0 Å². The maximum atomic E-state index is 12.0. The highest BCUT2D eigenvalue weighted by Crippen LogP contribution is 2.25. The number of amides is 1. The van der Waals surface area contributed by atoms with E-state index in [-0.39, 0.29) is 23.9 Å². The van der Waals surface area contributed by atoms with Crippen LogP contribution in [0.15, 0.2) is 48.5 Å². The van der Waals surface area contributed by atoms with Gasteiger partial charge in [-0.15, -0.1) is 0 Å². The largest absolute Gasteiger partial charge is 0.495 e. The Bertz CT molecular complexity index is 792. The summed E-state index contributed by atoms with van der Waals surface area (Å²) in [5.41, 5.74) is 1.14. The summed E-state index contributed by atoms with van der Waals surface area (Å²) in [6.07, 6.45) is 0.164. The van der Waals surface area contributed by atoms with Gasteiger partial charge < -0.3 is 14.8 Å². The Balaban J connectivity index is 1.75. The molecule has 0 saturated carbocycles. The standard InChI is InChI=1S/C19H18ClNO5/c1-25-17-8-7-14(10-15(17)20)16(22)12-26-19(24)11-21-18(23)9-13-5-3-2-4-6-13/h2-8,10H,9,11-12H2,1H3,(H,21,23). The molecule has 26 heavy (non-hydrogen) atoms. The van der Waals surface area contributed by atoms with Gasteiger partial charge in [-0.2, -0.15) is 0 Å². The van der Waals surface area contributed by atoms with Crippen molar-refractivity contribution in [3.8, 4) is 5.75 Å². The monoisotopic (exact) mass is 375 g/mol. The summed E-state index contributed by atoms with van der Waals surface area (Å²) >= 11 is 5.95. The van der Waals surface area contributed by atoms with E-state index in [0.717, 1.165) is 5.56 Å². The highest BCUT2D eigenvalue weighted by Gasteiger charge is 2.13. The molecule has 0 aliphatic heterocycles. The highest BCUT2D eigenvalue weighted by molar-refractivity contribution is 6.32. The Labute approximate surface area is 156 Å². The van der Waals surface area contributed by atoms with Gasteiger partial charge in [-0.3, -0.25) is 14.4 Å². The number of nitrogens with one attached hydrogen (secondary N) is 1. The second-order valence-electron chi connectivity index (χ2n) is 5.37. The highest BCUT2D eigenvalue weighted by atomic mass is 35.5. The molecule has 0 bridgehead atoms. The Morgan fingerprint density at radius 1 is 1.08 bits per heavy atom. The quantitative estimate of drug-likeness (QED) is 0.566. The predicted octanol–water partition coefficient (Wildman–Crippen LogP) is 2.43. The summed E-state index contributed by atoms with van der Waals surface area (Å²) in [7, 11) is 1.47. The Morgan fingerprint density at radius 2 is 1.81 bits per heavy atom. The van der Waals surface area contributed by atoms with Gasteiger partial charge in [-0.05, 0) is 23.8 Å². The number of carbonyl (C=O) groups is 3. The van der Waals surface area contributed by atoms with Gasteiger partial charge in [0.25, 0.3) is 0 Å². The van der Waals surface area contributed by atoms with Gasteiger partial charge in [-0.25, -0.2) is 0 Å². The van der Waals surface area contributed by atoms with Gasteiger partial charge in [0.1, 0.15) is 12.3 Å². The number of esters is 1. The number of carbonyl (C=O) groups excluding carboxylic acids is 3. The van der Waals surface area contributed by atoms with Crippen LogP contribution in [0.25, 0.3) is 0 Å². The van der Waals surface area contributed by atoms with Crippen molar-refractivity contribution in [2.45, 2.75) is 6.42 Å². The van der Waals surface area contributed by atoms with Crippen molar-refractivity contribution >= 4 is 29.3 Å². The lowest BCUT2D eigenvalue weighted by molar-refractivity contribution is -0.142. The molecule has 136 valence electrons. The first-order valence-electron chi connectivity index (χ1n) is 7.82. The van der Waals surface area contributed by atoms with E-state index in [4.69, 9.17) is 21.1 Å². The number of Topliss-reactive ketones (excluding diaryl/α,β-unsaturated/α-hetero) is 1. The molecule has 0 heterocycles. The zero-order valence-electron chi connectivity index (χ0n) is 14.2. The second-order valence-corrected chi connectivity index (χ2v) is 5.78. The van der Waals surface area contributed by atoms with E-state index in [1.54, 1.807) is 6.07 Å². The zero-order valence-corrected chi connectivity index (χ0v) is 14.9. The molecule has 0 unspecified atom stereocenters. The predicted molar refractivity (Wildman–Crippen MR) is 96.4 cm³/mol. The maximum Gasteiger partial charge on any atom is 0.325 e. The van der Waals surface area contributed by atoms with Crippen molar-refractivity contribution in [3.63, 3.8) is 0 Å². The van der Waals surface area contributed by atoms with E-state index in [2.05, 4.69) is 5.32 Å². The summed E-state index contributed by atoms with van der Waals surface area (Å²) in [6.45, 7) is -0.738. The first-order chi connectivity index (χ1) is 12.5. The van der Waals surface area contributed by atoms with Crippen molar-refractivity contribution in [1.82, 2.24) is 5.32 Å². The van der Waals surface area contributed by atoms with Crippen LogP contribution in [0, 0.1) is 0 Å². The molecule has 0 aliphatic rings. The lowest BCUT2D eigenvalue weighted by Gasteiger charge is -2.08. The maximum absolute atomic E-state index is 12.0. The first-order valence-corrected chi connectivity index (χ1v) is 8.20. The number of ether oxygens (including phenoxy) is 2. The number of methoxy groups -OCH3 is 1. The topological polar surface area (TPSA) is 81.7 Å². The van der Waals surface area contributed by atoms with Crippen molar-refractivity contribution < 1.29 is 23.9 Å². The molecule has 0 aliphatic carbocycles. The summed E-state index contributed by atoms with van der Waals surface area (Å²) in [5.74, 6) is -0.958. The van der Waals surface area contributed by atoms with E-state index in [9.17, 15) is 14.4 Å². The van der Waals surface area contributed by atoms with Crippen molar-refractivity contribution in [3.05, 3.63) is 64.7 Å². The summed E-state index contributed by atoms with van der Waals surface area (Å²) < 4.78 is 9.88. The molecule has 2 rings (SSSR count). The molecule has 6 nitrogen and oxygen atoms in total. The molecule has 0 fully saturated rings. The molecule has 0 radical (unpaired) electrons. The van der Waals surface area contributed by atoms with Crippen molar-refractivity contribution in [1.29, 1.82) is 0 Å². The van der Waals surface area contributed by atoms with Crippen LogP contribution in [-0.4, -0.2) is 37.9 Å². The molecule has 0 spiro atoms. The van der Waals surface area contributed by atoms with Crippen LogP contribution in [0.5, 0.6) is 5.75 Å². The fourth-order valence-corrected chi connectivity index (χ4v) is 2.39. The average Bonchev–Trinajstić information content (AvgIpc) is 2.65. The van der Waals surface area contributed by atoms with E-state index in [1.165, 1.54) is 19.2 Å². The Morgan fingerprint density at radius 3 is 2.46 bits per heavy atom. The third-order valence-electron chi connectivity index (χ3n) is 3.48. The van der Waals surface area contributed by atoms with E-state index in [1.807, 2.05) is 30.3 Å². The minimum absolute atomic E-state index is 0.164. The van der Waals surface area contributed by atoms with Crippen molar-refractivity contribution in [2.24, 2.45) is 0 Å². The Hall–Kier alpha value is -2.86. The third-order valence-corrected chi connectivity index (χ3v) is 3.77. The van der Waals surface area contributed by atoms with Crippen LogP contribution >= 0.6 is 11.6 Å². The number of ketones is 1. The molecule has 2 aromatic rings. The second kappa shape index (κ2) is 9.58. The SMILES string of the molecule is COc1ccc(C(=O)COC(=O)CNC(=O)Cc2ccccc2)cc1Cl. The van der Waals surface area contributed by atoms with Crippen LogP contribution in [-0.2, 0) is 20.7 Å². The van der Waals surface area contributed by atoms with Crippen LogP contribution < -0.4 is 10.1 Å². The van der Waals surface area contributed by atoms with Crippen LogP contribution in [0.3, 0.4) is 0 Å². The number of hydrogen-bond donors (Lipinski definition) is 1. The van der Waals surface area contributed by atoms with Gasteiger partial charge in [0.2, 0.25) is 5.91 Å².